The molecule has 0 fully saturated rings. The lowest BCUT2D eigenvalue weighted by molar-refractivity contribution is 0.0472. The molecule has 0 N–H and O–H groups in total. The van der Waals surface area contributed by atoms with Gasteiger partial charge in [-0.15, -0.1) is 0 Å². The van der Waals surface area contributed by atoms with E-state index in [4.69, 9.17) is 23.7 Å². The molecule has 0 aromatic heterocycles. The molecule has 6 nitrogen and oxygen atoms in total. The van der Waals surface area contributed by atoms with Crippen LogP contribution in [0, 0.1) is 0 Å². The smallest absolute Gasteiger partial charge is 0.338 e. The first kappa shape index (κ1) is 16.0. The van der Waals surface area contributed by atoms with Crippen molar-refractivity contribution in [3.05, 3.63) is 47.5 Å². The number of hydrogen-bond donors (Lipinski definition) is 0. The van der Waals surface area contributed by atoms with Gasteiger partial charge in [-0.25, -0.2) is 4.79 Å². The van der Waals surface area contributed by atoms with Crippen molar-refractivity contribution in [2.75, 3.05) is 20.5 Å². The van der Waals surface area contributed by atoms with Crippen LogP contribution in [0.2, 0.25) is 0 Å². The van der Waals surface area contributed by atoms with E-state index in [1.54, 1.807) is 37.4 Å². The van der Waals surface area contributed by atoms with Crippen molar-refractivity contribution in [2.45, 2.75) is 13.5 Å². The fraction of sp³-hybridized carbons (Fsp3) is 0.278. The molecule has 0 amide bonds. The van der Waals surface area contributed by atoms with Gasteiger partial charge in [-0.2, -0.15) is 0 Å². The van der Waals surface area contributed by atoms with Crippen molar-refractivity contribution in [3.8, 4) is 23.0 Å². The monoisotopic (exact) mass is 330 g/mol. The third-order valence-electron chi connectivity index (χ3n) is 3.51. The molecule has 0 radical (unpaired) electrons. The Hall–Kier alpha value is -2.89. The van der Waals surface area contributed by atoms with Crippen molar-refractivity contribution in [3.63, 3.8) is 0 Å². The second kappa shape index (κ2) is 7.12. The molecule has 6 heteroatoms. The summed E-state index contributed by atoms with van der Waals surface area (Å²) in [6, 6.07) is 10.4. The van der Waals surface area contributed by atoms with Crippen LogP contribution in [0.4, 0.5) is 0 Å². The number of esters is 1. The minimum atomic E-state index is -0.434. The zero-order chi connectivity index (χ0) is 16.9. The lowest BCUT2D eigenvalue weighted by Gasteiger charge is -2.11. The Morgan fingerprint density at radius 1 is 1.08 bits per heavy atom. The molecule has 0 spiro atoms. The summed E-state index contributed by atoms with van der Waals surface area (Å²) >= 11 is 0. The highest BCUT2D eigenvalue weighted by Gasteiger charge is 2.15. The molecule has 1 aliphatic heterocycles. The highest BCUT2D eigenvalue weighted by Crippen LogP contribution is 2.33. The summed E-state index contributed by atoms with van der Waals surface area (Å²) < 4.78 is 26.6. The van der Waals surface area contributed by atoms with Crippen molar-refractivity contribution in [1.82, 2.24) is 0 Å². The van der Waals surface area contributed by atoms with Gasteiger partial charge in [-0.3, -0.25) is 0 Å². The number of fused-ring (bicyclic) bond motifs is 1. The normalized spacial score (nSPS) is 11.9. The van der Waals surface area contributed by atoms with Crippen LogP contribution in [0.5, 0.6) is 23.0 Å². The molecule has 2 aromatic carbocycles. The van der Waals surface area contributed by atoms with E-state index in [2.05, 4.69) is 0 Å². The molecule has 0 bridgehead atoms. The summed E-state index contributed by atoms with van der Waals surface area (Å²) in [5, 5.41) is 0. The molecule has 0 unspecified atom stereocenters. The van der Waals surface area contributed by atoms with E-state index in [1.165, 1.54) is 0 Å². The summed E-state index contributed by atoms with van der Waals surface area (Å²) in [4.78, 5) is 12.2. The predicted molar refractivity (Wildman–Crippen MR) is 85.8 cm³/mol. The van der Waals surface area contributed by atoms with Crippen LogP contribution >= 0.6 is 0 Å². The Labute approximate surface area is 139 Å². The summed E-state index contributed by atoms with van der Waals surface area (Å²) in [5.41, 5.74) is 1.23. The van der Waals surface area contributed by atoms with Crippen molar-refractivity contribution in [1.29, 1.82) is 0 Å². The Balaban J connectivity index is 1.67. The molecule has 24 heavy (non-hydrogen) atoms. The summed E-state index contributed by atoms with van der Waals surface area (Å²) in [6.07, 6.45) is 0. The molecule has 0 saturated heterocycles. The number of carbonyl (C=O) groups excluding carboxylic acids is 1. The van der Waals surface area contributed by atoms with Gasteiger partial charge in [-0.05, 0) is 42.8 Å². The summed E-state index contributed by atoms with van der Waals surface area (Å²) in [5.74, 6) is 2.01. The van der Waals surface area contributed by atoms with E-state index in [0.29, 0.717) is 35.2 Å². The number of ether oxygens (including phenoxy) is 5. The number of benzene rings is 2. The van der Waals surface area contributed by atoms with E-state index >= 15 is 0 Å². The predicted octanol–water partition coefficient (Wildman–Crippen LogP) is 3.18. The van der Waals surface area contributed by atoms with Crippen molar-refractivity contribution >= 4 is 5.97 Å². The first-order chi connectivity index (χ1) is 11.7. The van der Waals surface area contributed by atoms with Gasteiger partial charge in [0.25, 0.3) is 0 Å². The third-order valence-corrected chi connectivity index (χ3v) is 3.51. The standard InChI is InChI=1S/C18H18O6/c1-3-21-17-9-13(5-7-14(17)20-2)18(19)22-10-12-4-6-15-16(8-12)24-11-23-15/h4-9H,3,10-11H2,1-2H3. The number of rotatable bonds is 6. The van der Waals surface area contributed by atoms with Gasteiger partial charge in [0, 0.05) is 0 Å². The van der Waals surface area contributed by atoms with Gasteiger partial charge in [0.15, 0.2) is 23.0 Å². The minimum Gasteiger partial charge on any atom is -0.493 e. The van der Waals surface area contributed by atoms with Crippen LogP contribution in [-0.2, 0) is 11.3 Å². The van der Waals surface area contributed by atoms with Crippen LogP contribution in [0.1, 0.15) is 22.8 Å². The van der Waals surface area contributed by atoms with E-state index < -0.39 is 5.97 Å². The van der Waals surface area contributed by atoms with E-state index in [0.717, 1.165) is 5.56 Å². The fourth-order valence-electron chi connectivity index (χ4n) is 2.33. The minimum absolute atomic E-state index is 0.144. The first-order valence-corrected chi connectivity index (χ1v) is 7.57. The third kappa shape index (κ3) is 3.37. The molecule has 0 atom stereocenters. The zero-order valence-electron chi connectivity index (χ0n) is 13.5. The zero-order valence-corrected chi connectivity index (χ0v) is 13.5. The summed E-state index contributed by atoms with van der Waals surface area (Å²) in [6.45, 7) is 2.70. The van der Waals surface area contributed by atoms with Gasteiger partial charge in [0.2, 0.25) is 6.79 Å². The van der Waals surface area contributed by atoms with Gasteiger partial charge in [0.05, 0.1) is 19.3 Å². The van der Waals surface area contributed by atoms with Gasteiger partial charge < -0.3 is 23.7 Å². The Morgan fingerprint density at radius 3 is 2.71 bits per heavy atom. The average molecular weight is 330 g/mol. The molecular formula is C18H18O6. The van der Waals surface area contributed by atoms with Gasteiger partial charge in [0.1, 0.15) is 6.61 Å². The first-order valence-electron chi connectivity index (χ1n) is 7.57. The number of methoxy groups -OCH3 is 1. The largest absolute Gasteiger partial charge is 0.493 e. The molecule has 2 aromatic rings. The van der Waals surface area contributed by atoms with Crippen molar-refractivity contribution in [2.24, 2.45) is 0 Å². The number of carbonyl (C=O) groups is 1. The Morgan fingerprint density at radius 2 is 1.92 bits per heavy atom. The van der Waals surface area contributed by atoms with Crippen LogP contribution in [0.3, 0.4) is 0 Å². The van der Waals surface area contributed by atoms with E-state index in [9.17, 15) is 4.79 Å². The Bertz CT molecular complexity index is 740. The molecule has 0 aliphatic carbocycles. The maximum atomic E-state index is 12.2. The fourth-order valence-corrected chi connectivity index (χ4v) is 2.33. The topological polar surface area (TPSA) is 63.2 Å². The highest BCUT2D eigenvalue weighted by atomic mass is 16.7. The molecule has 126 valence electrons. The lowest BCUT2D eigenvalue weighted by Crippen LogP contribution is -2.06. The molecule has 1 heterocycles. The van der Waals surface area contributed by atoms with Crippen molar-refractivity contribution < 1.29 is 28.5 Å². The number of hydrogen-bond acceptors (Lipinski definition) is 6. The molecule has 1 aliphatic rings. The second-order valence-corrected chi connectivity index (χ2v) is 5.06. The van der Waals surface area contributed by atoms with Crippen LogP contribution in [0.15, 0.2) is 36.4 Å². The maximum Gasteiger partial charge on any atom is 0.338 e. The molecular weight excluding hydrogens is 312 g/mol. The van der Waals surface area contributed by atoms with Crippen LogP contribution in [0.25, 0.3) is 0 Å². The molecule has 3 rings (SSSR count). The highest BCUT2D eigenvalue weighted by molar-refractivity contribution is 5.90. The Kier molecular flexibility index (Phi) is 4.74. The van der Waals surface area contributed by atoms with Crippen LogP contribution in [-0.4, -0.2) is 26.5 Å². The van der Waals surface area contributed by atoms with E-state index in [1.807, 2.05) is 13.0 Å². The SMILES string of the molecule is CCOc1cc(C(=O)OCc2ccc3c(c2)OCO3)ccc1OC. The average Bonchev–Trinajstić information content (AvgIpc) is 3.07. The van der Waals surface area contributed by atoms with Gasteiger partial charge in [-0.1, -0.05) is 6.07 Å². The maximum absolute atomic E-state index is 12.2. The second-order valence-electron chi connectivity index (χ2n) is 5.06. The van der Waals surface area contributed by atoms with Gasteiger partial charge >= 0.3 is 5.97 Å². The van der Waals surface area contributed by atoms with E-state index in [-0.39, 0.29) is 13.4 Å². The molecule has 0 saturated carbocycles. The van der Waals surface area contributed by atoms with Crippen LogP contribution < -0.4 is 18.9 Å². The lowest BCUT2D eigenvalue weighted by atomic mass is 10.2. The summed E-state index contributed by atoms with van der Waals surface area (Å²) in [7, 11) is 1.55. The quantitative estimate of drug-likeness (QED) is 0.758.